The number of ether oxygens (including phenoxy) is 2. The first-order chi connectivity index (χ1) is 9.13. The number of aliphatic hydroxyl groups is 1. The van der Waals surface area contributed by atoms with Crippen LogP contribution in [0.5, 0.6) is 0 Å². The Morgan fingerprint density at radius 2 is 1.95 bits per heavy atom. The Balaban J connectivity index is 2.23. The minimum Gasteiger partial charge on any atom is -0.391 e. The van der Waals surface area contributed by atoms with Crippen molar-refractivity contribution in [1.29, 1.82) is 0 Å². The molecule has 0 aromatic heterocycles. The minimum atomic E-state index is -0.619. The van der Waals surface area contributed by atoms with Gasteiger partial charge in [-0.1, -0.05) is 30.3 Å². The summed E-state index contributed by atoms with van der Waals surface area (Å²) in [6.07, 6.45) is 0.0668. The van der Waals surface area contributed by atoms with E-state index in [9.17, 15) is 9.90 Å². The van der Waals surface area contributed by atoms with E-state index in [4.69, 9.17) is 9.47 Å². The van der Waals surface area contributed by atoms with E-state index in [1.165, 1.54) is 0 Å². The third kappa shape index (κ3) is 6.47. The largest absolute Gasteiger partial charge is 0.391 e. The van der Waals surface area contributed by atoms with Crippen molar-refractivity contribution in [3.05, 3.63) is 35.9 Å². The van der Waals surface area contributed by atoms with E-state index in [1.807, 2.05) is 25.1 Å². The summed E-state index contributed by atoms with van der Waals surface area (Å²) >= 11 is 0. The molecule has 1 N–H and O–H groups in total. The molecule has 0 heterocycles. The second-order valence-electron chi connectivity index (χ2n) is 4.58. The van der Waals surface area contributed by atoms with Gasteiger partial charge < -0.3 is 14.6 Å². The molecule has 1 aromatic rings. The maximum absolute atomic E-state index is 11.8. The van der Waals surface area contributed by atoms with E-state index in [1.54, 1.807) is 19.2 Å². The lowest BCUT2D eigenvalue weighted by molar-refractivity contribution is -0.0335. The number of benzene rings is 1. The van der Waals surface area contributed by atoms with Gasteiger partial charge in [-0.25, -0.2) is 0 Å². The molecular formula is C15H22O4. The highest BCUT2D eigenvalue weighted by molar-refractivity contribution is 5.95. The van der Waals surface area contributed by atoms with E-state index in [-0.39, 0.29) is 18.5 Å². The van der Waals surface area contributed by atoms with Gasteiger partial charge in [0.1, 0.15) is 0 Å². The van der Waals surface area contributed by atoms with Gasteiger partial charge in [-0.2, -0.15) is 0 Å². The monoisotopic (exact) mass is 266 g/mol. The number of aliphatic hydroxyl groups excluding tert-OH is 1. The Kier molecular flexibility index (Phi) is 7.33. The van der Waals surface area contributed by atoms with E-state index < -0.39 is 6.10 Å². The third-order valence-corrected chi connectivity index (χ3v) is 2.77. The van der Waals surface area contributed by atoms with Crippen LogP contribution in [0.1, 0.15) is 30.1 Å². The molecule has 0 amide bonds. The Morgan fingerprint density at radius 3 is 2.58 bits per heavy atom. The number of rotatable bonds is 9. The molecule has 4 nitrogen and oxygen atoms in total. The summed E-state index contributed by atoms with van der Waals surface area (Å²) in [6, 6.07) is 9.10. The highest BCUT2D eigenvalue weighted by Gasteiger charge is 2.11. The van der Waals surface area contributed by atoms with Crippen LogP contribution in [-0.4, -0.2) is 43.4 Å². The summed E-state index contributed by atoms with van der Waals surface area (Å²) in [5.74, 6) is 0.0459. The Morgan fingerprint density at radius 1 is 1.26 bits per heavy atom. The number of hydrogen-bond acceptors (Lipinski definition) is 4. The van der Waals surface area contributed by atoms with Crippen LogP contribution in [0.4, 0.5) is 0 Å². The number of carbonyl (C=O) groups excluding carboxylic acids is 1. The molecule has 0 aliphatic carbocycles. The van der Waals surface area contributed by atoms with E-state index >= 15 is 0 Å². The highest BCUT2D eigenvalue weighted by atomic mass is 16.5. The fraction of sp³-hybridized carbons (Fsp3) is 0.533. The summed E-state index contributed by atoms with van der Waals surface area (Å²) in [6.45, 7) is 2.60. The Hall–Kier alpha value is -1.23. The zero-order valence-corrected chi connectivity index (χ0v) is 11.5. The van der Waals surface area contributed by atoms with Gasteiger partial charge in [0, 0.05) is 19.1 Å². The molecule has 0 spiro atoms. The molecule has 2 unspecified atom stereocenters. The molecular weight excluding hydrogens is 244 g/mol. The lowest BCUT2D eigenvalue weighted by atomic mass is 10.0. The lowest BCUT2D eigenvalue weighted by Gasteiger charge is -2.15. The number of Topliss-reactive ketones (excluding diaryl/α,β-unsaturated/α-hetero) is 1. The predicted molar refractivity (Wildman–Crippen MR) is 73.3 cm³/mol. The van der Waals surface area contributed by atoms with Crippen LogP contribution in [0, 0.1) is 0 Å². The average Bonchev–Trinajstić information content (AvgIpc) is 2.44. The quantitative estimate of drug-likeness (QED) is 0.695. The van der Waals surface area contributed by atoms with Crippen molar-refractivity contribution in [2.24, 2.45) is 0 Å². The molecule has 0 saturated carbocycles. The van der Waals surface area contributed by atoms with Crippen LogP contribution in [0.2, 0.25) is 0 Å². The van der Waals surface area contributed by atoms with Crippen LogP contribution in [0.15, 0.2) is 30.3 Å². The van der Waals surface area contributed by atoms with Crippen LogP contribution >= 0.6 is 0 Å². The van der Waals surface area contributed by atoms with Gasteiger partial charge in [0.2, 0.25) is 0 Å². The predicted octanol–water partition coefficient (Wildman–Crippen LogP) is 2.06. The summed E-state index contributed by atoms with van der Waals surface area (Å²) in [4.78, 5) is 11.8. The summed E-state index contributed by atoms with van der Waals surface area (Å²) in [5, 5.41) is 9.74. The maximum Gasteiger partial charge on any atom is 0.162 e. The standard InChI is InChI=1S/C15H22O4/c1-12(10-18-2)19-11-14(16)8-9-15(17)13-6-4-3-5-7-13/h3-7,12,14,16H,8-11H2,1-2H3. The normalized spacial score (nSPS) is 14.1. The van der Waals surface area contributed by atoms with Crippen molar-refractivity contribution >= 4 is 5.78 Å². The summed E-state index contributed by atoms with van der Waals surface area (Å²) in [5.41, 5.74) is 0.684. The smallest absolute Gasteiger partial charge is 0.162 e. The van der Waals surface area contributed by atoms with Crippen LogP contribution < -0.4 is 0 Å². The van der Waals surface area contributed by atoms with Crippen molar-refractivity contribution in [2.75, 3.05) is 20.3 Å². The van der Waals surface area contributed by atoms with Gasteiger partial charge >= 0.3 is 0 Å². The van der Waals surface area contributed by atoms with Crippen LogP contribution in [0.25, 0.3) is 0 Å². The first-order valence-corrected chi connectivity index (χ1v) is 6.50. The molecule has 1 rings (SSSR count). The molecule has 2 atom stereocenters. The van der Waals surface area contributed by atoms with Gasteiger partial charge in [-0.05, 0) is 13.3 Å². The molecule has 0 bridgehead atoms. The van der Waals surface area contributed by atoms with Crippen molar-refractivity contribution in [1.82, 2.24) is 0 Å². The van der Waals surface area contributed by atoms with E-state index in [2.05, 4.69) is 0 Å². The van der Waals surface area contributed by atoms with Gasteiger partial charge in [-0.15, -0.1) is 0 Å². The number of methoxy groups -OCH3 is 1. The van der Waals surface area contributed by atoms with Gasteiger partial charge in [0.05, 0.1) is 25.4 Å². The molecule has 4 heteroatoms. The van der Waals surface area contributed by atoms with Gasteiger partial charge in [-0.3, -0.25) is 4.79 Å². The van der Waals surface area contributed by atoms with Crippen LogP contribution in [0.3, 0.4) is 0 Å². The lowest BCUT2D eigenvalue weighted by Crippen LogP contribution is -2.23. The molecule has 19 heavy (non-hydrogen) atoms. The van der Waals surface area contributed by atoms with Crippen molar-refractivity contribution < 1.29 is 19.4 Å². The minimum absolute atomic E-state index is 0.0459. The molecule has 0 aliphatic rings. The molecule has 0 saturated heterocycles. The number of carbonyl (C=O) groups is 1. The van der Waals surface area contributed by atoms with Gasteiger partial charge in [0.15, 0.2) is 5.78 Å². The molecule has 1 aromatic carbocycles. The van der Waals surface area contributed by atoms with E-state index in [0.717, 1.165) is 0 Å². The fourth-order valence-corrected chi connectivity index (χ4v) is 1.71. The Labute approximate surface area is 114 Å². The number of ketones is 1. The maximum atomic E-state index is 11.8. The summed E-state index contributed by atoms with van der Waals surface area (Å²) in [7, 11) is 1.61. The molecule has 0 radical (unpaired) electrons. The second kappa shape index (κ2) is 8.80. The first kappa shape index (κ1) is 15.8. The first-order valence-electron chi connectivity index (χ1n) is 6.50. The topological polar surface area (TPSA) is 55.8 Å². The van der Waals surface area contributed by atoms with Crippen molar-refractivity contribution in [3.63, 3.8) is 0 Å². The van der Waals surface area contributed by atoms with Crippen LogP contribution in [-0.2, 0) is 9.47 Å². The van der Waals surface area contributed by atoms with E-state index in [0.29, 0.717) is 25.0 Å². The second-order valence-corrected chi connectivity index (χ2v) is 4.58. The third-order valence-electron chi connectivity index (χ3n) is 2.77. The molecule has 0 aliphatic heterocycles. The van der Waals surface area contributed by atoms with Crippen molar-refractivity contribution in [3.8, 4) is 0 Å². The Bertz CT molecular complexity index is 364. The fourth-order valence-electron chi connectivity index (χ4n) is 1.71. The number of hydrogen-bond donors (Lipinski definition) is 1. The zero-order chi connectivity index (χ0) is 14.1. The zero-order valence-electron chi connectivity index (χ0n) is 11.5. The van der Waals surface area contributed by atoms with Gasteiger partial charge in [0.25, 0.3) is 0 Å². The molecule has 0 fully saturated rings. The highest BCUT2D eigenvalue weighted by Crippen LogP contribution is 2.07. The molecule has 106 valence electrons. The summed E-state index contributed by atoms with van der Waals surface area (Å²) < 4.78 is 10.3. The SMILES string of the molecule is COCC(C)OCC(O)CCC(=O)c1ccccc1. The average molecular weight is 266 g/mol. The van der Waals surface area contributed by atoms with Crippen molar-refractivity contribution in [2.45, 2.75) is 32.0 Å².